The summed E-state index contributed by atoms with van der Waals surface area (Å²) in [4.78, 5) is 29.3. The van der Waals surface area contributed by atoms with Gasteiger partial charge < -0.3 is 14.8 Å². The van der Waals surface area contributed by atoms with Gasteiger partial charge in [-0.3, -0.25) is 18.8 Å². The summed E-state index contributed by atoms with van der Waals surface area (Å²) < 4.78 is 28.5. The van der Waals surface area contributed by atoms with Gasteiger partial charge >= 0.3 is 5.97 Å². The summed E-state index contributed by atoms with van der Waals surface area (Å²) in [5.41, 5.74) is 1.06. The summed E-state index contributed by atoms with van der Waals surface area (Å²) in [7, 11) is 1.56. The molecule has 3 aromatic rings. The van der Waals surface area contributed by atoms with E-state index < -0.39 is 17.8 Å². The smallest absolute Gasteiger partial charge is 0.347 e. The Morgan fingerprint density at radius 1 is 1.10 bits per heavy atom. The Bertz CT molecular complexity index is 1420. The number of ether oxygens (including phenoxy) is 2. The van der Waals surface area contributed by atoms with Gasteiger partial charge in [-0.2, -0.15) is 0 Å². The number of para-hydroxylation sites is 1. The topological polar surface area (TPSA) is 77.7 Å². The van der Waals surface area contributed by atoms with Crippen LogP contribution in [0.3, 0.4) is 0 Å². The Balaban J connectivity index is 1.50. The summed E-state index contributed by atoms with van der Waals surface area (Å²) >= 11 is 5.70. The predicted molar refractivity (Wildman–Crippen MR) is 149 cm³/mol. The van der Waals surface area contributed by atoms with E-state index in [1.807, 2.05) is 30.3 Å². The molecule has 1 N–H and O–H groups in total. The number of morpholine rings is 1. The fourth-order valence-corrected chi connectivity index (χ4v) is 5.46. The maximum atomic E-state index is 13.6. The van der Waals surface area contributed by atoms with E-state index in [1.54, 1.807) is 23.7 Å². The molecule has 1 unspecified atom stereocenters. The van der Waals surface area contributed by atoms with Crippen molar-refractivity contribution < 1.29 is 18.7 Å². The molecule has 0 bridgehead atoms. The van der Waals surface area contributed by atoms with Crippen molar-refractivity contribution >= 4 is 24.0 Å². The Labute approximate surface area is 232 Å². The summed E-state index contributed by atoms with van der Waals surface area (Å²) in [5, 5.41) is 3.33. The first kappa shape index (κ1) is 27.2. The Kier molecular flexibility index (Phi) is 8.54. The van der Waals surface area contributed by atoms with Crippen molar-refractivity contribution in [3.8, 4) is 5.69 Å². The molecule has 5 rings (SSSR count). The lowest BCUT2D eigenvalue weighted by Crippen LogP contribution is -2.46. The number of nitrogens with one attached hydrogen (secondary N) is 1. The summed E-state index contributed by atoms with van der Waals surface area (Å²) in [6, 6.07) is 15.8. The number of aromatic nitrogens is 2. The first-order valence-corrected chi connectivity index (χ1v) is 13.8. The van der Waals surface area contributed by atoms with E-state index in [9.17, 15) is 14.0 Å². The molecule has 0 spiro atoms. The third-order valence-electron chi connectivity index (χ3n) is 7.27. The molecule has 1 saturated carbocycles. The van der Waals surface area contributed by atoms with Gasteiger partial charge in [0.15, 0.2) is 10.3 Å². The minimum absolute atomic E-state index is 0.0974. The number of carbonyl (C=O) groups is 1. The highest BCUT2D eigenvalue weighted by atomic mass is 32.1. The molecule has 1 aliphatic carbocycles. The Morgan fingerprint density at radius 2 is 1.82 bits per heavy atom. The zero-order valence-electron chi connectivity index (χ0n) is 22.0. The standard InChI is InChI=1S/C29H33FN4O4S/c1-32-27(35)25(28(36)38-23-10-6-3-7-11-23)26(34(29(32)39)22-8-4-2-5-9-22)31-24-19-33(16-17-37-24)18-20-12-14-21(30)15-13-20/h2,4-5,8-9,12-15,23-24,31H,3,6-7,10-11,16-19H2,1H3. The lowest BCUT2D eigenvalue weighted by Gasteiger charge is -2.34. The first-order chi connectivity index (χ1) is 18.9. The SMILES string of the molecule is Cn1c(=O)c(C(=O)OC2CCCCC2)c(NC2CN(Cc3ccc(F)cc3)CCO2)n(-c2ccccc2)c1=S. The number of halogens is 1. The molecule has 8 nitrogen and oxygen atoms in total. The number of nitrogens with zero attached hydrogens (tertiary/aromatic N) is 3. The highest BCUT2D eigenvalue weighted by Crippen LogP contribution is 2.26. The Morgan fingerprint density at radius 3 is 2.54 bits per heavy atom. The van der Waals surface area contributed by atoms with E-state index in [4.69, 9.17) is 21.7 Å². The molecular formula is C29H33FN4O4S. The molecule has 1 atom stereocenters. The van der Waals surface area contributed by atoms with Crippen LogP contribution < -0.4 is 10.9 Å². The largest absolute Gasteiger partial charge is 0.459 e. The second-order valence-electron chi connectivity index (χ2n) is 10.1. The monoisotopic (exact) mass is 552 g/mol. The van der Waals surface area contributed by atoms with Gasteiger partial charge in [-0.15, -0.1) is 0 Å². The van der Waals surface area contributed by atoms with Crippen LogP contribution in [0, 0.1) is 10.6 Å². The van der Waals surface area contributed by atoms with Crippen molar-refractivity contribution in [2.45, 2.75) is 51.0 Å². The molecule has 0 amide bonds. The zero-order valence-corrected chi connectivity index (χ0v) is 22.8. The molecule has 10 heteroatoms. The molecule has 2 aromatic carbocycles. The molecule has 2 fully saturated rings. The molecule has 2 heterocycles. The number of carbonyl (C=O) groups excluding carboxylic acids is 1. The molecule has 206 valence electrons. The number of hydrogen-bond acceptors (Lipinski definition) is 7. The van der Waals surface area contributed by atoms with Crippen molar-refractivity contribution in [2.75, 3.05) is 25.0 Å². The quantitative estimate of drug-likeness (QED) is 0.333. The highest BCUT2D eigenvalue weighted by Gasteiger charge is 2.30. The van der Waals surface area contributed by atoms with E-state index >= 15 is 0 Å². The highest BCUT2D eigenvalue weighted by molar-refractivity contribution is 7.71. The van der Waals surface area contributed by atoms with Crippen LogP contribution in [-0.2, 0) is 23.1 Å². The second-order valence-corrected chi connectivity index (χ2v) is 10.4. The van der Waals surface area contributed by atoms with E-state index in [1.165, 1.54) is 16.7 Å². The van der Waals surface area contributed by atoms with Gasteiger partial charge in [0.2, 0.25) is 0 Å². The van der Waals surface area contributed by atoms with Crippen LogP contribution in [0.2, 0.25) is 0 Å². The van der Waals surface area contributed by atoms with E-state index in [2.05, 4.69) is 10.2 Å². The van der Waals surface area contributed by atoms with Gasteiger partial charge in [0.1, 0.15) is 24.0 Å². The fraction of sp³-hybridized carbons (Fsp3) is 0.414. The second kappa shape index (κ2) is 12.2. The maximum Gasteiger partial charge on any atom is 0.347 e. The summed E-state index contributed by atoms with van der Waals surface area (Å²) in [6.45, 7) is 2.22. The van der Waals surface area contributed by atoms with Gasteiger partial charge in [-0.1, -0.05) is 36.8 Å². The third-order valence-corrected chi connectivity index (χ3v) is 7.73. The number of rotatable bonds is 7. The van der Waals surface area contributed by atoms with Crippen molar-refractivity contribution in [3.63, 3.8) is 0 Å². The normalized spacial score (nSPS) is 18.6. The average molecular weight is 553 g/mol. The number of hydrogen-bond donors (Lipinski definition) is 1. The fourth-order valence-electron chi connectivity index (χ4n) is 5.18. The van der Waals surface area contributed by atoms with Crippen LogP contribution in [0.1, 0.15) is 48.0 Å². The van der Waals surface area contributed by atoms with E-state index in [0.717, 1.165) is 37.7 Å². The van der Waals surface area contributed by atoms with Crippen molar-refractivity contribution in [2.24, 2.45) is 7.05 Å². The molecule has 0 radical (unpaired) electrons. The minimum Gasteiger partial charge on any atom is -0.459 e. The molecule has 2 aliphatic rings. The van der Waals surface area contributed by atoms with Crippen molar-refractivity contribution in [1.82, 2.24) is 14.0 Å². The van der Waals surface area contributed by atoms with Crippen LogP contribution in [0.15, 0.2) is 59.4 Å². The first-order valence-electron chi connectivity index (χ1n) is 13.4. The average Bonchev–Trinajstić information content (AvgIpc) is 2.94. The minimum atomic E-state index is -0.663. The van der Waals surface area contributed by atoms with Crippen LogP contribution >= 0.6 is 12.2 Å². The zero-order chi connectivity index (χ0) is 27.4. The van der Waals surface area contributed by atoms with Gasteiger partial charge in [0.25, 0.3) is 5.56 Å². The van der Waals surface area contributed by atoms with Crippen LogP contribution in [-0.4, -0.2) is 52.0 Å². The molecule has 1 aliphatic heterocycles. The number of benzene rings is 2. The van der Waals surface area contributed by atoms with Gasteiger partial charge in [0.05, 0.1) is 6.61 Å². The third kappa shape index (κ3) is 6.29. The number of esters is 1. The number of anilines is 1. The van der Waals surface area contributed by atoms with Crippen molar-refractivity contribution in [3.05, 3.63) is 86.7 Å². The Hall–Kier alpha value is -3.34. The predicted octanol–water partition coefficient (Wildman–Crippen LogP) is 4.80. The van der Waals surface area contributed by atoms with Gasteiger partial charge in [-0.05, 0) is 67.7 Å². The van der Waals surface area contributed by atoms with Crippen molar-refractivity contribution in [1.29, 1.82) is 0 Å². The lowest BCUT2D eigenvalue weighted by molar-refractivity contribution is -0.0168. The van der Waals surface area contributed by atoms with E-state index in [-0.39, 0.29) is 28.1 Å². The lowest BCUT2D eigenvalue weighted by atomic mass is 9.98. The van der Waals surface area contributed by atoms with E-state index in [0.29, 0.717) is 31.9 Å². The summed E-state index contributed by atoms with van der Waals surface area (Å²) in [6.07, 6.45) is 3.94. The van der Waals surface area contributed by atoms with Gasteiger partial charge in [0, 0.05) is 32.4 Å². The summed E-state index contributed by atoms with van der Waals surface area (Å²) in [5.74, 6) is -0.684. The molecule has 1 saturated heterocycles. The van der Waals surface area contributed by atoms with Crippen LogP contribution in [0.4, 0.5) is 10.2 Å². The van der Waals surface area contributed by atoms with Gasteiger partial charge in [-0.25, -0.2) is 9.18 Å². The molecule has 39 heavy (non-hydrogen) atoms. The van der Waals surface area contributed by atoms with Crippen LogP contribution in [0.25, 0.3) is 5.69 Å². The maximum absolute atomic E-state index is 13.6. The van der Waals surface area contributed by atoms with Crippen LogP contribution in [0.5, 0.6) is 0 Å². The molecule has 1 aromatic heterocycles. The molecular weight excluding hydrogens is 519 g/mol.